The summed E-state index contributed by atoms with van der Waals surface area (Å²) in [6, 6.07) is 0. The highest BCUT2D eigenvalue weighted by Crippen LogP contribution is 2.15. The molecule has 1 aliphatic heterocycles. The van der Waals surface area contributed by atoms with E-state index in [-0.39, 0.29) is 11.5 Å². The quantitative estimate of drug-likeness (QED) is 0.461. The van der Waals surface area contributed by atoms with E-state index >= 15 is 0 Å². The molecule has 12 heavy (non-hydrogen) atoms. The fourth-order valence-corrected chi connectivity index (χ4v) is 1.34. The number of carbonyl (C=O) groups is 1. The lowest BCUT2D eigenvalue weighted by atomic mass is 9.86. The molecule has 0 amide bonds. The standard InChI is InChI=1S/C8H15NO3/c1-7(10)12-6-4-8(2)3-5-9(8)11/h9H,3-6H2,1-2H3. The van der Waals surface area contributed by atoms with Gasteiger partial charge in [0.1, 0.15) is 5.54 Å². The molecule has 0 saturated carbocycles. The molecule has 0 spiro atoms. The van der Waals surface area contributed by atoms with Gasteiger partial charge in [-0.3, -0.25) is 4.79 Å². The topological polar surface area (TPSA) is 53.8 Å². The summed E-state index contributed by atoms with van der Waals surface area (Å²) < 4.78 is 4.77. The molecule has 0 radical (unpaired) electrons. The van der Waals surface area contributed by atoms with E-state index in [1.54, 1.807) is 0 Å². The second-order valence-corrected chi connectivity index (χ2v) is 3.57. The van der Waals surface area contributed by atoms with Crippen molar-refractivity contribution < 1.29 is 14.6 Å². The Balaban J connectivity index is 2.18. The zero-order valence-corrected chi connectivity index (χ0v) is 7.55. The molecule has 4 nitrogen and oxygen atoms in total. The molecule has 70 valence electrons. The second kappa shape index (κ2) is 3.41. The molecule has 2 atom stereocenters. The summed E-state index contributed by atoms with van der Waals surface area (Å²) in [4.78, 5) is 10.4. The molecule has 0 aromatic carbocycles. The maximum absolute atomic E-state index is 11.1. The number of rotatable bonds is 3. The summed E-state index contributed by atoms with van der Waals surface area (Å²) in [7, 11) is 0. The molecule has 1 rings (SSSR count). The first-order valence-electron chi connectivity index (χ1n) is 4.21. The first-order valence-corrected chi connectivity index (χ1v) is 4.21. The molecule has 2 unspecified atom stereocenters. The molecule has 0 aliphatic carbocycles. The summed E-state index contributed by atoms with van der Waals surface area (Å²) in [5, 5.41) is 11.4. The number of carbonyl (C=O) groups excluding carboxylic acids is 1. The van der Waals surface area contributed by atoms with Crippen LogP contribution in [0.1, 0.15) is 26.7 Å². The van der Waals surface area contributed by atoms with Crippen molar-refractivity contribution >= 4 is 5.97 Å². The molecular formula is C8H15NO3. The van der Waals surface area contributed by atoms with Crippen molar-refractivity contribution in [2.75, 3.05) is 13.2 Å². The van der Waals surface area contributed by atoms with Gasteiger partial charge in [-0.15, -0.1) is 0 Å². The minimum atomic E-state index is -0.273. The fraction of sp³-hybridized carbons (Fsp3) is 0.875. The van der Waals surface area contributed by atoms with Gasteiger partial charge in [0.2, 0.25) is 0 Å². The van der Waals surface area contributed by atoms with Crippen LogP contribution in [0.5, 0.6) is 0 Å². The number of hydrogen-bond acceptors (Lipinski definition) is 3. The van der Waals surface area contributed by atoms with Crippen LogP contribution in [0.15, 0.2) is 0 Å². The van der Waals surface area contributed by atoms with Gasteiger partial charge in [0.05, 0.1) is 19.6 Å². The Morgan fingerprint density at radius 3 is 2.75 bits per heavy atom. The number of nitrogens with one attached hydrogen (secondary N) is 1. The predicted octanol–water partition coefficient (Wildman–Crippen LogP) is -0.515. The summed E-state index contributed by atoms with van der Waals surface area (Å²) >= 11 is 0. The third kappa shape index (κ3) is 1.95. The zero-order valence-electron chi connectivity index (χ0n) is 7.55. The lowest BCUT2D eigenvalue weighted by molar-refractivity contribution is -0.950. The Labute approximate surface area is 72.1 Å². The average Bonchev–Trinajstić information content (AvgIpc) is 2.01. The number of hydrogen-bond donors (Lipinski definition) is 1. The maximum atomic E-state index is 11.1. The van der Waals surface area contributed by atoms with Crippen LogP contribution in [0.25, 0.3) is 0 Å². The van der Waals surface area contributed by atoms with Crippen LogP contribution >= 0.6 is 0 Å². The normalized spacial score (nSPS) is 34.1. The van der Waals surface area contributed by atoms with Crippen LogP contribution in [0.2, 0.25) is 0 Å². The first kappa shape index (κ1) is 9.48. The number of quaternary nitrogens is 1. The zero-order chi connectivity index (χ0) is 9.19. The van der Waals surface area contributed by atoms with Crippen molar-refractivity contribution in [1.82, 2.24) is 0 Å². The molecule has 0 aromatic heterocycles. The summed E-state index contributed by atoms with van der Waals surface area (Å²) in [5.41, 5.74) is -0.199. The van der Waals surface area contributed by atoms with E-state index in [0.29, 0.717) is 24.6 Å². The van der Waals surface area contributed by atoms with Crippen molar-refractivity contribution in [1.29, 1.82) is 0 Å². The molecular weight excluding hydrogens is 158 g/mol. The third-order valence-corrected chi connectivity index (χ3v) is 2.54. The lowest BCUT2D eigenvalue weighted by Gasteiger charge is -2.49. The van der Waals surface area contributed by atoms with Crippen molar-refractivity contribution in [3.63, 3.8) is 0 Å². The fourth-order valence-electron chi connectivity index (χ4n) is 1.34. The van der Waals surface area contributed by atoms with Crippen LogP contribution in [-0.2, 0) is 9.53 Å². The molecule has 1 heterocycles. The number of esters is 1. The van der Waals surface area contributed by atoms with Gasteiger partial charge in [0.25, 0.3) is 0 Å². The molecule has 1 aliphatic rings. The van der Waals surface area contributed by atoms with E-state index < -0.39 is 0 Å². The van der Waals surface area contributed by atoms with Gasteiger partial charge < -0.3 is 15.0 Å². The highest BCUT2D eigenvalue weighted by Gasteiger charge is 2.40. The van der Waals surface area contributed by atoms with E-state index in [2.05, 4.69) is 0 Å². The Hall–Kier alpha value is -0.610. The average molecular weight is 173 g/mol. The van der Waals surface area contributed by atoms with Crippen LogP contribution in [0.4, 0.5) is 0 Å². The van der Waals surface area contributed by atoms with Gasteiger partial charge in [-0.2, -0.15) is 0 Å². The molecule has 4 heteroatoms. The minimum absolute atomic E-state index is 0.199. The Morgan fingerprint density at radius 2 is 2.42 bits per heavy atom. The van der Waals surface area contributed by atoms with Crippen molar-refractivity contribution in [2.45, 2.75) is 32.2 Å². The van der Waals surface area contributed by atoms with E-state index in [1.165, 1.54) is 6.92 Å². The smallest absolute Gasteiger partial charge is 0.302 e. The number of ether oxygens (including phenoxy) is 1. The Bertz CT molecular complexity index is 183. The van der Waals surface area contributed by atoms with E-state index in [0.717, 1.165) is 6.42 Å². The van der Waals surface area contributed by atoms with Crippen molar-refractivity contribution in [3.8, 4) is 0 Å². The van der Waals surface area contributed by atoms with Crippen LogP contribution in [0.3, 0.4) is 0 Å². The van der Waals surface area contributed by atoms with E-state index in [4.69, 9.17) is 4.74 Å². The van der Waals surface area contributed by atoms with Crippen LogP contribution in [0, 0.1) is 5.21 Å². The SMILES string of the molecule is CC(=O)OCCC1(C)CC[NH+]1[O-]. The van der Waals surface area contributed by atoms with Gasteiger partial charge in [0, 0.05) is 13.3 Å². The second-order valence-electron chi connectivity index (χ2n) is 3.57. The minimum Gasteiger partial charge on any atom is -0.634 e. The van der Waals surface area contributed by atoms with Gasteiger partial charge in [0.15, 0.2) is 0 Å². The van der Waals surface area contributed by atoms with Crippen LogP contribution < -0.4 is 5.06 Å². The molecule has 0 aromatic rings. The summed E-state index contributed by atoms with van der Waals surface area (Å²) in [5.74, 6) is -0.273. The third-order valence-electron chi connectivity index (χ3n) is 2.54. The molecule has 1 fully saturated rings. The summed E-state index contributed by atoms with van der Waals surface area (Å²) in [6.45, 7) is 4.38. The Kier molecular flexibility index (Phi) is 2.69. The van der Waals surface area contributed by atoms with Crippen molar-refractivity contribution in [2.24, 2.45) is 0 Å². The molecule has 1 N–H and O–H groups in total. The highest BCUT2D eigenvalue weighted by atomic mass is 16.5. The largest absolute Gasteiger partial charge is 0.634 e. The van der Waals surface area contributed by atoms with Gasteiger partial charge >= 0.3 is 5.97 Å². The van der Waals surface area contributed by atoms with E-state index in [9.17, 15) is 10.0 Å². The van der Waals surface area contributed by atoms with Gasteiger partial charge in [-0.05, 0) is 6.92 Å². The maximum Gasteiger partial charge on any atom is 0.302 e. The van der Waals surface area contributed by atoms with Gasteiger partial charge in [-0.25, -0.2) is 0 Å². The van der Waals surface area contributed by atoms with Gasteiger partial charge in [-0.1, -0.05) is 0 Å². The number of hydroxylamine groups is 2. The molecule has 1 saturated heterocycles. The predicted molar refractivity (Wildman–Crippen MR) is 43.5 cm³/mol. The van der Waals surface area contributed by atoms with E-state index in [1.807, 2.05) is 6.92 Å². The highest BCUT2D eigenvalue weighted by molar-refractivity contribution is 5.65. The first-order chi connectivity index (χ1) is 5.54. The molecule has 0 bridgehead atoms. The van der Waals surface area contributed by atoms with Crippen LogP contribution in [-0.4, -0.2) is 24.7 Å². The Morgan fingerprint density at radius 1 is 1.75 bits per heavy atom. The lowest BCUT2D eigenvalue weighted by Crippen LogP contribution is -3.22. The van der Waals surface area contributed by atoms with Crippen molar-refractivity contribution in [3.05, 3.63) is 5.21 Å². The summed E-state index contributed by atoms with van der Waals surface area (Å²) in [6.07, 6.45) is 1.61. The monoisotopic (exact) mass is 173 g/mol.